The number of rotatable bonds is 4. The Morgan fingerprint density at radius 1 is 1.00 bits per heavy atom. The number of fused-ring (bicyclic) bond motifs is 1. The largest absolute Gasteiger partial charge is 0.483 e. The van der Waals surface area contributed by atoms with Gasteiger partial charge in [0, 0.05) is 31.7 Å². The Kier molecular flexibility index (Phi) is 5.93. The van der Waals surface area contributed by atoms with Gasteiger partial charge in [0.25, 0.3) is 11.8 Å². The number of ether oxygens (including phenoxy) is 1. The standard InChI is InChI=1S/C24H28N4O3/c1-16-5-6-17(2)23(18(16)3)31-14-22(29)27-9-4-10-28(12-11-27)24(30)19-7-8-20-21(13-19)26-15-25-20/h5-8,13,15H,4,9-12,14H2,1-3H3,(H,25,26). The molecule has 0 bridgehead atoms. The molecule has 2 heterocycles. The van der Waals surface area contributed by atoms with Crippen LogP contribution in [0.4, 0.5) is 0 Å². The van der Waals surface area contributed by atoms with Gasteiger partial charge in [-0.1, -0.05) is 12.1 Å². The zero-order chi connectivity index (χ0) is 22.0. The molecule has 0 saturated carbocycles. The first-order valence-electron chi connectivity index (χ1n) is 10.6. The quantitative estimate of drug-likeness (QED) is 0.703. The van der Waals surface area contributed by atoms with Crippen LogP contribution in [0.2, 0.25) is 0 Å². The fourth-order valence-corrected chi connectivity index (χ4v) is 3.99. The van der Waals surface area contributed by atoms with Gasteiger partial charge >= 0.3 is 0 Å². The molecule has 162 valence electrons. The second-order valence-corrected chi connectivity index (χ2v) is 8.10. The summed E-state index contributed by atoms with van der Waals surface area (Å²) >= 11 is 0. The molecule has 0 spiro atoms. The summed E-state index contributed by atoms with van der Waals surface area (Å²) in [6.07, 6.45) is 2.36. The van der Waals surface area contributed by atoms with Gasteiger partial charge in [-0.25, -0.2) is 4.98 Å². The highest BCUT2D eigenvalue weighted by Gasteiger charge is 2.23. The maximum absolute atomic E-state index is 13.0. The Morgan fingerprint density at radius 3 is 2.58 bits per heavy atom. The third-order valence-electron chi connectivity index (χ3n) is 6.02. The number of aromatic amines is 1. The van der Waals surface area contributed by atoms with Crippen molar-refractivity contribution in [3.63, 3.8) is 0 Å². The van der Waals surface area contributed by atoms with Crippen LogP contribution in [0, 0.1) is 20.8 Å². The summed E-state index contributed by atoms with van der Waals surface area (Å²) in [5.74, 6) is 0.718. The monoisotopic (exact) mass is 420 g/mol. The summed E-state index contributed by atoms with van der Waals surface area (Å²) < 4.78 is 5.90. The van der Waals surface area contributed by atoms with Crippen molar-refractivity contribution in [1.82, 2.24) is 19.8 Å². The number of nitrogens with one attached hydrogen (secondary N) is 1. The predicted octanol–water partition coefficient (Wildman–Crippen LogP) is 3.24. The summed E-state index contributed by atoms with van der Waals surface area (Å²) in [7, 11) is 0. The molecule has 0 unspecified atom stereocenters. The van der Waals surface area contributed by atoms with Crippen LogP contribution in [0.25, 0.3) is 11.0 Å². The lowest BCUT2D eigenvalue weighted by molar-refractivity contribution is -0.133. The first-order valence-corrected chi connectivity index (χ1v) is 10.6. The molecule has 1 aliphatic rings. The maximum Gasteiger partial charge on any atom is 0.260 e. The topological polar surface area (TPSA) is 78.5 Å². The van der Waals surface area contributed by atoms with E-state index in [0.717, 1.165) is 39.9 Å². The number of hydrogen-bond acceptors (Lipinski definition) is 4. The first-order chi connectivity index (χ1) is 14.9. The van der Waals surface area contributed by atoms with Crippen LogP contribution in [-0.4, -0.2) is 64.4 Å². The number of carbonyl (C=O) groups is 2. The number of aryl methyl sites for hydroxylation is 2. The van der Waals surface area contributed by atoms with Crippen molar-refractivity contribution in [3.8, 4) is 5.75 Å². The van der Waals surface area contributed by atoms with Gasteiger partial charge in [0.15, 0.2) is 6.61 Å². The van der Waals surface area contributed by atoms with E-state index >= 15 is 0 Å². The molecule has 7 nitrogen and oxygen atoms in total. The van der Waals surface area contributed by atoms with Crippen molar-refractivity contribution in [2.75, 3.05) is 32.8 Å². The van der Waals surface area contributed by atoms with Gasteiger partial charge in [-0.05, 0) is 62.1 Å². The summed E-state index contributed by atoms with van der Waals surface area (Å²) in [4.78, 5) is 36.6. The lowest BCUT2D eigenvalue weighted by Gasteiger charge is -2.23. The van der Waals surface area contributed by atoms with Gasteiger partial charge in [0.2, 0.25) is 0 Å². The van der Waals surface area contributed by atoms with Crippen molar-refractivity contribution in [2.24, 2.45) is 0 Å². The van der Waals surface area contributed by atoms with E-state index in [4.69, 9.17) is 4.74 Å². The van der Waals surface area contributed by atoms with E-state index in [-0.39, 0.29) is 18.4 Å². The van der Waals surface area contributed by atoms with Crippen molar-refractivity contribution in [1.29, 1.82) is 0 Å². The Labute approximate surface area is 182 Å². The average molecular weight is 421 g/mol. The average Bonchev–Trinajstić information content (AvgIpc) is 3.10. The minimum Gasteiger partial charge on any atom is -0.483 e. The van der Waals surface area contributed by atoms with E-state index in [1.54, 1.807) is 17.3 Å². The molecule has 1 aromatic heterocycles. The molecule has 0 aliphatic carbocycles. The Bertz CT molecular complexity index is 1120. The fourth-order valence-electron chi connectivity index (χ4n) is 3.99. The molecule has 4 rings (SSSR count). The van der Waals surface area contributed by atoms with Gasteiger partial charge in [0.05, 0.1) is 17.4 Å². The van der Waals surface area contributed by atoms with Crippen LogP contribution in [-0.2, 0) is 4.79 Å². The third kappa shape index (κ3) is 4.40. The van der Waals surface area contributed by atoms with Crippen molar-refractivity contribution < 1.29 is 14.3 Å². The SMILES string of the molecule is Cc1ccc(C)c(OCC(=O)N2CCCN(C(=O)c3ccc4nc[nH]c4c3)CC2)c1C. The zero-order valence-electron chi connectivity index (χ0n) is 18.3. The highest BCUT2D eigenvalue weighted by atomic mass is 16.5. The number of benzene rings is 2. The first kappa shape index (κ1) is 20.9. The second-order valence-electron chi connectivity index (χ2n) is 8.10. The number of nitrogens with zero attached hydrogens (tertiary/aromatic N) is 3. The molecule has 0 radical (unpaired) electrons. The lowest BCUT2D eigenvalue weighted by Crippen LogP contribution is -2.39. The second kappa shape index (κ2) is 8.79. The summed E-state index contributed by atoms with van der Waals surface area (Å²) in [6, 6.07) is 9.56. The van der Waals surface area contributed by atoms with Crippen LogP contribution in [0.15, 0.2) is 36.7 Å². The molecule has 1 fully saturated rings. The van der Waals surface area contributed by atoms with Crippen LogP contribution >= 0.6 is 0 Å². The van der Waals surface area contributed by atoms with Crippen LogP contribution in [0.3, 0.4) is 0 Å². The number of carbonyl (C=O) groups excluding carboxylic acids is 2. The molecule has 1 saturated heterocycles. The highest BCUT2D eigenvalue weighted by molar-refractivity contribution is 5.97. The number of amides is 2. The molecule has 1 N–H and O–H groups in total. The smallest absolute Gasteiger partial charge is 0.260 e. The van der Waals surface area contributed by atoms with Gasteiger partial charge in [-0.2, -0.15) is 0 Å². The molecule has 31 heavy (non-hydrogen) atoms. The van der Waals surface area contributed by atoms with E-state index in [9.17, 15) is 9.59 Å². The molecule has 0 atom stereocenters. The van der Waals surface area contributed by atoms with E-state index in [0.29, 0.717) is 31.7 Å². The Morgan fingerprint density at radius 2 is 1.74 bits per heavy atom. The molecule has 2 amide bonds. The number of aromatic nitrogens is 2. The van der Waals surface area contributed by atoms with Gasteiger partial charge < -0.3 is 19.5 Å². The minimum atomic E-state index is -0.0477. The number of hydrogen-bond donors (Lipinski definition) is 1. The third-order valence-corrected chi connectivity index (χ3v) is 6.02. The summed E-state index contributed by atoms with van der Waals surface area (Å²) in [5.41, 5.74) is 5.54. The summed E-state index contributed by atoms with van der Waals surface area (Å²) in [6.45, 7) is 8.31. The van der Waals surface area contributed by atoms with E-state index < -0.39 is 0 Å². The maximum atomic E-state index is 13.0. The molecular formula is C24H28N4O3. The highest BCUT2D eigenvalue weighted by Crippen LogP contribution is 2.25. The normalized spacial score (nSPS) is 14.5. The van der Waals surface area contributed by atoms with E-state index in [2.05, 4.69) is 16.0 Å². The van der Waals surface area contributed by atoms with Gasteiger partial charge in [-0.3, -0.25) is 9.59 Å². The number of imidazole rings is 1. The van der Waals surface area contributed by atoms with Crippen LogP contribution in [0.5, 0.6) is 5.75 Å². The number of H-pyrrole nitrogens is 1. The summed E-state index contributed by atoms with van der Waals surface area (Å²) in [5, 5.41) is 0. The molecule has 3 aromatic rings. The van der Waals surface area contributed by atoms with E-state index in [1.165, 1.54) is 0 Å². The van der Waals surface area contributed by atoms with Crippen molar-refractivity contribution in [3.05, 3.63) is 58.9 Å². The lowest BCUT2D eigenvalue weighted by atomic mass is 10.1. The Balaban J connectivity index is 1.36. The molecule has 1 aliphatic heterocycles. The minimum absolute atomic E-state index is 0.00950. The van der Waals surface area contributed by atoms with Crippen LogP contribution in [0.1, 0.15) is 33.5 Å². The Hall–Kier alpha value is -3.35. The molecule has 2 aromatic carbocycles. The van der Waals surface area contributed by atoms with Gasteiger partial charge in [0.1, 0.15) is 5.75 Å². The van der Waals surface area contributed by atoms with E-state index in [1.807, 2.05) is 43.9 Å². The molecular weight excluding hydrogens is 392 g/mol. The fraction of sp³-hybridized carbons (Fsp3) is 0.375. The zero-order valence-corrected chi connectivity index (χ0v) is 18.3. The van der Waals surface area contributed by atoms with Crippen molar-refractivity contribution in [2.45, 2.75) is 27.2 Å². The van der Waals surface area contributed by atoms with Crippen molar-refractivity contribution >= 4 is 22.8 Å². The predicted molar refractivity (Wildman–Crippen MR) is 119 cm³/mol. The molecule has 7 heteroatoms. The van der Waals surface area contributed by atoms with Crippen LogP contribution < -0.4 is 4.74 Å². The van der Waals surface area contributed by atoms with Gasteiger partial charge in [-0.15, -0.1) is 0 Å².